The minimum absolute atomic E-state index is 0.334. The Balaban J connectivity index is 2.21. The molecule has 1 aliphatic rings. The van der Waals surface area contributed by atoms with E-state index < -0.39 is 24.0 Å². The van der Waals surface area contributed by atoms with Crippen molar-refractivity contribution in [3.63, 3.8) is 0 Å². The lowest BCUT2D eigenvalue weighted by atomic mass is 9.89. The zero-order valence-electron chi connectivity index (χ0n) is 14.4. The number of hydrogen-bond donors (Lipinski definition) is 2. The fourth-order valence-corrected chi connectivity index (χ4v) is 3.29. The van der Waals surface area contributed by atoms with Crippen molar-refractivity contribution in [3.8, 4) is 5.75 Å². The summed E-state index contributed by atoms with van der Waals surface area (Å²) in [4.78, 5) is 24.4. The van der Waals surface area contributed by atoms with Crippen LogP contribution in [0, 0.1) is 5.92 Å². The monoisotopic (exact) mass is 410 g/mol. The molecule has 1 aromatic carbocycles. The quantitative estimate of drug-likeness (QED) is 0.530. The molecule has 0 aromatic heterocycles. The minimum atomic E-state index is -0.695. The Morgan fingerprint density at radius 3 is 2.76 bits per heavy atom. The molecule has 0 bridgehead atoms. The van der Waals surface area contributed by atoms with Gasteiger partial charge in [-0.2, -0.15) is 0 Å². The fraction of sp³-hybridized carbons (Fsp3) is 0.444. The van der Waals surface area contributed by atoms with E-state index in [0.717, 1.165) is 29.3 Å². The Bertz CT molecular complexity index is 662. The third-order valence-corrected chi connectivity index (χ3v) is 4.67. The van der Waals surface area contributed by atoms with Gasteiger partial charge in [0.2, 0.25) is 0 Å². The molecule has 0 aliphatic carbocycles. The van der Waals surface area contributed by atoms with Gasteiger partial charge >= 0.3 is 12.0 Å². The van der Waals surface area contributed by atoms with Crippen LogP contribution >= 0.6 is 15.9 Å². The van der Waals surface area contributed by atoms with Gasteiger partial charge in [-0.25, -0.2) is 4.79 Å². The smallest absolute Gasteiger partial charge is 0.319 e. The van der Waals surface area contributed by atoms with Crippen molar-refractivity contribution < 1.29 is 19.1 Å². The van der Waals surface area contributed by atoms with Crippen LogP contribution < -0.4 is 15.4 Å². The second-order valence-corrected chi connectivity index (χ2v) is 6.70. The van der Waals surface area contributed by atoms with Crippen molar-refractivity contribution >= 4 is 27.9 Å². The first kappa shape index (κ1) is 19.3. The van der Waals surface area contributed by atoms with Gasteiger partial charge in [0.25, 0.3) is 0 Å². The van der Waals surface area contributed by atoms with Crippen LogP contribution in [0.15, 0.2) is 34.9 Å². The number of rotatable bonds is 7. The molecule has 2 atom stereocenters. The van der Waals surface area contributed by atoms with E-state index in [1.165, 1.54) is 0 Å². The number of carbonyl (C=O) groups is 2. The van der Waals surface area contributed by atoms with E-state index in [9.17, 15) is 9.59 Å². The standard InChI is InChI=1S/C18H23BrN2O4/c1-4-5-6-9-25-17(22)15-11(2)20-18(23)21-16(15)12-7-8-14(24-3)13(19)10-12/h7-8,10,15-16H,2,4-6,9H2,1,3H3,(H2,20,21,23)/t15-,16+/m1/s1. The number of nitrogens with one attached hydrogen (secondary N) is 2. The average molecular weight is 411 g/mol. The van der Waals surface area contributed by atoms with Gasteiger partial charge in [0, 0.05) is 5.70 Å². The van der Waals surface area contributed by atoms with E-state index in [1.54, 1.807) is 13.2 Å². The van der Waals surface area contributed by atoms with Crippen molar-refractivity contribution in [3.05, 3.63) is 40.5 Å². The molecule has 7 heteroatoms. The Morgan fingerprint density at radius 2 is 2.12 bits per heavy atom. The van der Waals surface area contributed by atoms with Crippen LogP contribution in [0.1, 0.15) is 37.8 Å². The molecule has 0 unspecified atom stereocenters. The van der Waals surface area contributed by atoms with Gasteiger partial charge in [0.05, 0.1) is 24.2 Å². The van der Waals surface area contributed by atoms with Gasteiger partial charge in [-0.05, 0) is 40.0 Å². The van der Waals surface area contributed by atoms with Crippen LogP contribution in [0.2, 0.25) is 0 Å². The van der Waals surface area contributed by atoms with Gasteiger partial charge < -0.3 is 20.1 Å². The summed E-state index contributed by atoms with van der Waals surface area (Å²) in [5.41, 5.74) is 1.10. The third kappa shape index (κ3) is 4.75. The van der Waals surface area contributed by atoms with Crippen molar-refractivity contribution in [1.29, 1.82) is 0 Å². The second kappa shape index (κ2) is 8.89. The number of ether oxygens (including phenoxy) is 2. The second-order valence-electron chi connectivity index (χ2n) is 5.85. The summed E-state index contributed by atoms with van der Waals surface area (Å²) in [6, 6.07) is 4.46. The molecule has 0 saturated carbocycles. The number of hydrogen-bond acceptors (Lipinski definition) is 4. The van der Waals surface area contributed by atoms with Crippen molar-refractivity contribution in [2.45, 2.75) is 32.2 Å². The molecule has 0 spiro atoms. The number of urea groups is 1. The number of unbranched alkanes of at least 4 members (excludes halogenated alkanes) is 2. The summed E-state index contributed by atoms with van der Waals surface area (Å²) in [6.07, 6.45) is 2.87. The van der Waals surface area contributed by atoms with E-state index in [0.29, 0.717) is 18.1 Å². The predicted octanol–water partition coefficient (Wildman–Crippen LogP) is 3.67. The molecule has 2 amide bonds. The first-order valence-corrected chi connectivity index (χ1v) is 9.03. The third-order valence-electron chi connectivity index (χ3n) is 4.05. The largest absolute Gasteiger partial charge is 0.496 e. The van der Waals surface area contributed by atoms with Gasteiger partial charge in [-0.15, -0.1) is 0 Å². The molecule has 1 saturated heterocycles. The Morgan fingerprint density at radius 1 is 1.36 bits per heavy atom. The molecular weight excluding hydrogens is 388 g/mol. The molecule has 1 heterocycles. The Hall–Kier alpha value is -2.02. The van der Waals surface area contributed by atoms with Crippen LogP contribution in [0.4, 0.5) is 4.79 Å². The topological polar surface area (TPSA) is 76.7 Å². The number of methoxy groups -OCH3 is 1. The zero-order valence-corrected chi connectivity index (χ0v) is 16.0. The summed E-state index contributed by atoms with van der Waals surface area (Å²) in [5, 5.41) is 5.35. The summed E-state index contributed by atoms with van der Waals surface area (Å²) in [5.74, 6) is -0.424. The number of carbonyl (C=O) groups excluding carboxylic acids is 2. The van der Waals surface area contributed by atoms with Crippen LogP contribution in [-0.2, 0) is 9.53 Å². The van der Waals surface area contributed by atoms with E-state index in [-0.39, 0.29) is 0 Å². The lowest BCUT2D eigenvalue weighted by Gasteiger charge is -2.33. The normalized spacial score (nSPS) is 19.8. The summed E-state index contributed by atoms with van der Waals surface area (Å²) < 4.78 is 11.3. The molecular formula is C18H23BrN2O4. The van der Waals surface area contributed by atoms with Crippen LogP contribution in [-0.4, -0.2) is 25.7 Å². The molecule has 1 aromatic rings. The van der Waals surface area contributed by atoms with Crippen molar-refractivity contribution in [2.75, 3.05) is 13.7 Å². The number of esters is 1. The number of benzene rings is 1. The maximum atomic E-state index is 12.6. The lowest BCUT2D eigenvalue weighted by Crippen LogP contribution is -2.51. The van der Waals surface area contributed by atoms with E-state index in [1.807, 2.05) is 12.1 Å². The van der Waals surface area contributed by atoms with E-state index in [2.05, 4.69) is 40.1 Å². The van der Waals surface area contributed by atoms with Crippen LogP contribution in [0.25, 0.3) is 0 Å². The number of amides is 2. The van der Waals surface area contributed by atoms with E-state index in [4.69, 9.17) is 9.47 Å². The Kier molecular flexibility index (Phi) is 6.87. The van der Waals surface area contributed by atoms with E-state index >= 15 is 0 Å². The molecule has 2 N–H and O–H groups in total. The molecule has 25 heavy (non-hydrogen) atoms. The highest BCUT2D eigenvalue weighted by Crippen LogP contribution is 2.34. The average Bonchev–Trinajstić information content (AvgIpc) is 2.57. The lowest BCUT2D eigenvalue weighted by molar-refractivity contribution is -0.148. The summed E-state index contributed by atoms with van der Waals surface area (Å²) in [6.45, 7) is 6.28. The first-order valence-electron chi connectivity index (χ1n) is 8.24. The van der Waals surface area contributed by atoms with Crippen LogP contribution in [0.3, 0.4) is 0 Å². The Labute approximate surface area is 156 Å². The highest BCUT2D eigenvalue weighted by Gasteiger charge is 2.39. The first-order chi connectivity index (χ1) is 12.0. The molecule has 2 rings (SSSR count). The highest BCUT2D eigenvalue weighted by molar-refractivity contribution is 9.10. The maximum Gasteiger partial charge on any atom is 0.319 e. The molecule has 1 aliphatic heterocycles. The zero-order chi connectivity index (χ0) is 18.4. The summed E-state index contributed by atoms with van der Waals surface area (Å²) in [7, 11) is 1.57. The maximum absolute atomic E-state index is 12.6. The van der Waals surface area contributed by atoms with Gasteiger partial charge in [0.1, 0.15) is 11.7 Å². The number of halogens is 1. The van der Waals surface area contributed by atoms with Gasteiger partial charge in [0.15, 0.2) is 0 Å². The molecule has 1 fully saturated rings. The predicted molar refractivity (Wildman–Crippen MR) is 98.2 cm³/mol. The highest BCUT2D eigenvalue weighted by atomic mass is 79.9. The summed E-state index contributed by atoms with van der Waals surface area (Å²) >= 11 is 3.43. The van der Waals surface area contributed by atoms with Crippen molar-refractivity contribution in [2.24, 2.45) is 5.92 Å². The van der Waals surface area contributed by atoms with Gasteiger partial charge in [-0.3, -0.25) is 4.79 Å². The van der Waals surface area contributed by atoms with Crippen LogP contribution in [0.5, 0.6) is 5.75 Å². The molecule has 136 valence electrons. The molecule has 0 radical (unpaired) electrons. The SMILES string of the molecule is C=C1NC(=O)N[C@@H](c2ccc(OC)c(Br)c2)[C@@H]1C(=O)OCCCCC. The van der Waals surface area contributed by atoms with Crippen molar-refractivity contribution in [1.82, 2.24) is 10.6 Å². The minimum Gasteiger partial charge on any atom is -0.496 e. The van der Waals surface area contributed by atoms with Gasteiger partial charge in [-0.1, -0.05) is 32.4 Å². The fourth-order valence-electron chi connectivity index (χ4n) is 2.73. The molecule has 6 nitrogen and oxygen atoms in total.